The van der Waals surface area contributed by atoms with Gasteiger partial charge >= 0.3 is 0 Å². The number of H-pyrrole nitrogens is 1. The van der Waals surface area contributed by atoms with Gasteiger partial charge < -0.3 is 9.80 Å². The number of hydrogen-bond donors (Lipinski definition) is 1. The van der Waals surface area contributed by atoms with Crippen LogP contribution in [0.15, 0.2) is 54.7 Å². The van der Waals surface area contributed by atoms with E-state index < -0.39 is 0 Å². The number of benzene rings is 1. The zero-order chi connectivity index (χ0) is 19.5. The SMILES string of the molecule is Cc1ccc(C(=O)N2CCN(C(=O)c3cc(-c4ccccn4)n[nH]3)CC2)cc1. The molecule has 1 fully saturated rings. The first-order valence-corrected chi connectivity index (χ1v) is 9.24. The molecule has 0 atom stereocenters. The molecule has 0 radical (unpaired) electrons. The Bertz CT molecular complexity index is 974. The molecule has 1 aliphatic heterocycles. The number of aryl methyl sites for hydroxylation is 1. The molecule has 0 unspecified atom stereocenters. The predicted octanol–water partition coefficient (Wildman–Crippen LogP) is 2.38. The monoisotopic (exact) mass is 375 g/mol. The van der Waals surface area contributed by atoms with E-state index in [0.717, 1.165) is 5.56 Å². The van der Waals surface area contributed by atoms with E-state index in [1.807, 2.05) is 49.4 Å². The molecule has 0 aliphatic carbocycles. The molecule has 2 aromatic heterocycles. The fourth-order valence-corrected chi connectivity index (χ4v) is 3.24. The van der Waals surface area contributed by atoms with Gasteiger partial charge in [-0.05, 0) is 37.3 Å². The van der Waals surface area contributed by atoms with Crippen molar-refractivity contribution in [1.29, 1.82) is 0 Å². The van der Waals surface area contributed by atoms with Gasteiger partial charge in [0.2, 0.25) is 0 Å². The van der Waals surface area contributed by atoms with Gasteiger partial charge in [0.05, 0.1) is 5.69 Å². The van der Waals surface area contributed by atoms with Crippen LogP contribution in [0.3, 0.4) is 0 Å². The summed E-state index contributed by atoms with van der Waals surface area (Å²) >= 11 is 0. The number of nitrogens with zero attached hydrogens (tertiary/aromatic N) is 4. The van der Waals surface area contributed by atoms with Crippen LogP contribution in [0.1, 0.15) is 26.4 Å². The van der Waals surface area contributed by atoms with E-state index in [-0.39, 0.29) is 11.8 Å². The minimum atomic E-state index is -0.114. The van der Waals surface area contributed by atoms with Gasteiger partial charge in [-0.1, -0.05) is 23.8 Å². The highest BCUT2D eigenvalue weighted by Crippen LogP contribution is 2.16. The Kier molecular flexibility index (Phi) is 4.89. The molecule has 0 saturated carbocycles. The summed E-state index contributed by atoms with van der Waals surface area (Å²) in [5.74, 6) is -0.108. The van der Waals surface area contributed by atoms with E-state index in [1.165, 1.54) is 0 Å². The molecule has 1 saturated heterocycles. The molecule has 3 heterocycles. The Morgan fingerprint density at radius 1 is 0.893 bits per heavy atom. The van der Waals surface area contributed by atoms with E-state index in [2.05, 4.69) is 15.2 Å². The van der Waals surface area contributed by atoms with Crippen LogP contribution < -0.4 is 0 Å². The van der Waals surface area contributed by atoms with Crippen molar-refractivity contribution in [2.75, 3.05) is 26.2 Å². The molecule has 7 heteroatoms. The average Bonchev–Trinajstić information content (AvgIpc) is 3.24. The number of pyridine rings is 1. The molecule has 1 aliphatic rings. The number of rotatable bonds is 3. The van der Waals surface area contributed by atoms with Crippen molar-refractivity contribution < 1.29 is 9.59 Å². The Morgan fingerprint density at radius 3 is 2.21 bits per heavy atom. The standard InChI is InChI=1S/C21H21N5O2/c1-15-5-7-16(8-6-15)20(27)25-10-12-26(13-11-25)21(28)19-14-18(23-24-19)17-4-2-3-9-22-17/h2-9,14H,10-13H2,1H3,(H,23,24). The molecular weight excluding hydrogens is 354 g/mol. The van der Waals surface area contributed by atoms with Crippen molar-refractivity contribution in [2.24, 2.45) is 0 Å². The number of carbonyl (C=O) groups is 2. The van der Waals surface area contributed by atoms with Crippen molar-refractivity contribution in [1.82, 2.24) is 25.0 Å². The van der Waals surface area contributed by atoms with Gasteiger partial charge in [-0.3, -0.25) is 19.7 Å². The third kappa shape index (κ3) is 3.64. The van der Waals surface area contributed by atoms with E-state index in [0.29, 0.717) is 48.8 Å². The lowest BCUT2D eigenvalue weighted by atomic mass is 10.1. The van der Waals surface area contributed by atoms with Crippen LogP contribution in [0.4, 0.5) is 0 Å². The van der Waals surface area contributed by atoms with Crippen molar-refractivity contribution in [3.8, 4) is 11.4 Å². The van der Waals surface area contributed by atoms with Crippen LogP contribution in [-0.4, -0.2) is 63.0 Å². The number of carbonyl (C=O) groups excluding carboxylic acids is 2. The third-order valence-electron chi connectivity index (χ3n) is 4.89. The maximum atomic E-state index is 12.8. The summed E-state index contributed by atoms with van der Waals surface area (Å²) in [5, 5.41) is 7.00. The van der Waals surface area contributed by atoms with Gasteiger partial charge in [0.1, 0.15) is 11.4 Å². The number of aromatic amines is 1. The summed E-state index contributed by atoms with van der Waals surface area (Å²) in [5.41, 5.74) is 3.58. The summed E-state index contributed by atoms with van der Waals surface area (Å²) in [6.07, 6.45) is 1.69. The number of piperazine rings is 1. The highest BCUT2D eigenvalue weighted by molar-refractivity contribution is 5.95. The number of nitrogens with one attached hydrogen (secondary N) is 1. The lowest BCUT2D eigenvalue weighted by Gasteiger charge is -2.34. The lowest BCUT2D eigenvalue weighted by Crippen LogP contribution is -2.50. The molecule has 4 rings (SSSR count). The average molecular weight is 375 g/mol. The second-order valence-corrected chi connectivity index (χ2v) is 6.83. The highest BCUT2D eigenvalue weighted by atomic mass is 16.2. The van der Waals surface area contributed by atoms with Crippen LogP contribution >= 0.6 is 0 Å². The van der Waals surface area contributed by atoms with Crippen molar-refractivity contribution in [2.45, 2.75) is 6.92 Å². The normalized spacial score (nSPS) is 14.2. The highest BCUT2D eigenvalue weighted by Gasteiger charge is 2.26. The molecule has 0 bridgehead atoms. The zero-order valence-electron chi connectivity index (χ0n) is 15.6. The van der Waals surface area contributed by atoms with Gasteiger partial charge in [0.25, 0.3) is 11.8 Å². The quantitative estimate of drug-likeness (QED) is 0.762. The van der Waals surface area contributed by atoms with Gasteiger partial charge in [-0.15, -0.1) is 0 Å². The van der Waals surface area contributed by atoms with Gasteiger partial charge in [-0.2, -0.15) is 5.10 Å². The molecule has 0 spiro atoms. The fraction of sp³-hybridized carbons (Fsp3) is 0.238. The zero-order valence-corrected chi connectivity index (χ0v) is 15.6. The Labute approximate surface area is 163 Å². The van der Waals surface area contributed by atoms with E-state index in [1.54, 1.807) is 22.1 Å². The van der Waals surface area contributed by atoms with Crippen LogP contribution in [0.2, 0.25) is 0 Å². The van der Waals surface area contributed by atoms with Crippen molar-refractivity contribution in [3.63, 3.8) is 0 Å². The molecule has 2 amide bonds. The fourth-order valence-electron chi connectivity index (χ4n) is 3.24. The maximum absolute atomic E-state index is 12.8. The second kappa shape index (κ2) is 7.64. The van der Waals surface area contributed by atoms with Crippen LogP contribution in [-0.2, 0) is 0 Å². The van der Waals surface area contributed by atoms with Crippen molar-refractivity contribution in [3.05, 3.63) is 71.5 Å². The summed E-state index contributed by atoms with van der Waals surface area (Å²) in [6.45, 7) is 4.01. The molecule has 3 aromatic rings. The van der Waals surface area contributed by atoms with Gasteiger partial charge in [0.15, 0.2) is 0 Å². The molecule has 7 nitrogen and oxygen atoms in total. The predicted molar refractivity (Wildman–Crippen MR) is 105 cm³/mol. The summed E-state index contributed by atoms with van der Waals surface area (Å²) in [4.78, 5) is 33.2. The Morgan fingerprint density at radius 2 is 1.57 bits per heavy atom. The summed E-state index contributed by atoms with van der Waals surface area (Å²) < 4.78 is 0. The summed E-state index contributed by atoms with van der Waals surface area (Å²) in [7, 11) is 0. The molecular formula is C21H21N5O2. The van der Waals surface area contributed by atoms with Crippen LogP contribution in [0.25, 0.3) is 11.4 Å². The lowest BCUT2D eigenvalue weighted by molar-refractivity contribution is 0.0532. The Hall–Kier alpha value is -3.48. The minimum absolute atomic E-state index is 0.00563. The number of aromatic nitrogens is 3. The van der Waals surface area contributed by atoms with E-state index in [4.69, 9.17) is 0 Å². The van der Waals surface area contributed by atoms with Crippen molar-refractivity contribution >= 4 is 11.8 Å². The molecule has 1 N–H and O–H groups in total. The first kappa shape index (κ1) is 17.9. The first-order chi connectivity index (χ1) is 13.6. The Balaban J connectivity index is 1.38. The third-order valence-corrected chi connectivity index (χ3v) is 4.89. The molecule has 142 valence electrons. The minimum Gasteiger partial charge on any atom is -0.335 e. The van der Waals surface area contributed by atoms with E-state index in [9.17, 15) is 9.59 Å². The van der Waals surface area contributed by atoms with E-state index >= 15 is 0 Å². The maximum Gasteiger partial charge on any atom is 0.272 e. The second-order valence-electron chi connectivity index (χ2n) is 6.83. The summed E-state index contributed by atoms with van der Waals surface area (Å²) in [6, 6.07) is 14.8. The molecule has 28 heavy (non-hydrogen) atoms. The first-order valence-electron chi connectivity index (χ1n) is 9.24. The number of hydrogen-bond acceptors (Lipinski definition) is 4. The largest absolute Gasteiger partial charge is 0.335 e. The van der Waals surface area contributed by atoms with Crippen LogP contribution in [0, 0.1) is 6.92 Å². The van der Waals surface area contributed by atoms with Gasteiger partial charge in [0, 0.05) is 37.9 Å². The topological polar surface area (TPSA) is 82.2 Å². The van der Waals surface area contributed by atoms with Gasteiger partial charge in [-0.25, -0.2) is 0 Å². The molecule has 1 aromatic carbocycles. The van der Waals surface area contributed by atoms with Crippen LogP contribution in [0.5, 0.6) is 0 Å². The smallest absolute Gasteiger partial charge is 0.272 e. The number of amides is 2.